The highest BCUT2D eigenvalue weighted by Crippen LogP contribution is 2.30. The van der Waals surface area contributed by atoms with E-state index in [1.54, 1.807) is 11.3 Å². The topological polar surface area (TPSA) is 50.2 Å². The summed E-state index contributed by atoms with van der Waals surface area (Å²) in [6.07, 6.45) is 0. The molecule has 3 aromatic heterocycles. The van der Waals surface area contributed by atoms with E-state index in [1.165, 1.54) is 16.9 Å². The maximum Gasteiger partial charge on any atom is 0.261 e. The summed E-state index contributed by atoms with van der Waals surface area (Å²) in [5.74, 6) is -0.0395. The van der Waals surface area contributed by atoms with Gasteiger partial charge in [0.15, 0.2) is 0 Å². The van der Waals surface area contributed by atoms with Gasteiger partial charge in [-0.3, -0.25) is 4.79 Å². The number of hydrogen-bond donors (Lipinski definition) is 1. The molecule has 0 spiro atoms. The van der Waals surface area contributed by atoms with Gasteiger partial charge in [0.1, 0.15) is 4.83 Å². The first kappa shape index (κ1) is 18.9. The summed E-state index contributed by atoms with van der Waals surface area (Å²) in [6, 6.07) is 14.2. The number of nitrogens with zero attached hydrogens (tertiary/aromatic N) is 3. The second-order valence-electron chi connectivity index (χ2n) is 6.91. The molecule has 0 aliphatic heterocycles. The third-order valence-corrected chi connectivity index (χ3v) is 6.59. The predicted molar refractivity (Wildman–Crippen MR) is 117 cm³/mol. The van der Waals surface area contributed by atoms with Crippen LogP contribution in [0.15, 0.2) is 53.2 Å². The Balaban J connectivity index is 1.57. The zero-order chi connectivity index (χ0) is 19.7. The molecule has 1 N–H and O–H groups in total. The number of carbonyl (C=O) groups is 1. The summed E-state index contributed by atoms with van der Waals surface area (Å²) >= 11 is 3.16. The molecule has 0 radical (unpaired) electrons. The van der Waals surface area contributed by atoms with Crippen molar-refractivity contribution in [2.45, 2.75) is 13.0 Å². The lowest BCUT2D eigenvalue weighted by Gasteiger charge is -2.23. The van der Waals surface area contributed by atoms with Gasteiger partial charge in [-0.2, -0.15) is 16.4 Å². The van der Waals surface area contributed by atoms with Gasteiger partial charge in [0, 0.05) is 11.9 Å². The second kappa shape index (κ2) is 7.87. The molecule has 1 aromatic carbocycles. The number of carbonyl (C=O) groups excluding carboxylic acids is 1. The number of nitrogens with one attached hydrogen (secondary N) is 1. The molecule has 28 heavy (non-hydrogen) atoms. The van der Waals surface area contributed by atoms with Crippen molar-refractivity contribution in [3.05, 3.63) is 69.4 Å². The van der Waals surface area contributed by atoms with Crippen LogP contribution in [0.4, 0.5) is 0 Å². The lowest BCUT2D eigenvalue weighted by molar-refractivity contribution is 0.0946. The van der Waals surface area contributed by atoms with Crippen molar-refractivity contribution in [3.8, 4) is 5.69 Å². The Morgan fingerprint density at radius 2 is 2.04 bits per heavy atom. The Kier molecular flexibility index (Phi) is 5.30. The highest BCUT2D eigenvalue weighted by atomic mass is 32.1. The standard InChI is InChI=1S/C21H22N4OS2/c1-14-17-11-19(28-21(17)25(23-14)16-7-5-4-6-8-16)20(26)22-12-18(24(2)3)15-9-10-27-13-15/h4-11,13,18H,12H2,1-3H3,(H,22,26). The molecule has 0 saturated heterocycles. The molecule has 1 unspecified atom stereocenters. The first-order chi connectivity index (χ1) is 13.5. The number of amides is 1. The highest BCUT2D eigenvalue weighted by molar-refractivity contribution is 7.20. The van der Waals surface area contributed by atoms with Gasteiger partial charge >= 0.3 is 0 Å². The molecule has 1 atom stereocenters. The zero-order valence-corrected chi connectivity index (χ0v) is 17.7. The predicted octanol–water partition coefficient (Wildman–Crippen LogP) is 4.49. The van der Waals surface area contributed by atoms with Crippen molar-refractivity contribution < 1.29 is 4.79 Å². The SMILES string of the molecule is Cc1nn(-c2ccccc2)c2sc(C(=O)NCC(c3ccsc3)N(C)C)cc12. The summed E-state index contributed by atoms with van der Waals surface area (Å²) in [5.41, 5.74) is 3.15. The van der Waals surface area contributed by atoms with E-state index >= 15 is 0 Å². The summed E-state index contributed by atoms with van der Waals surface area (Å²) in [5, 5.41) is 13.0. The van der Waals surface area contributed by atoms with Crippen molar-refractivity contribution in [2.24, 2.45) is 0 Å². The number of likely N-dealkylation sites (N-methyl/N-ethyl adjacent to an activating group) is 1. The first-order valence-corrected chi connectivity index (χ1v) is 10.8. The second-order valence-corrected chi connectivity index (χ2v) is 8.72. The maximum absolute atomic E-state index is 12.8. The number of benzene rings is 1. The van der Waals surface area contributed by atoms with Crippen molar-refractivity contribution in [2.75, 3.05) is 20.6 Å². The molecule has 0 saturated carbocycles. The average Bonchev–Trinajstić information content (AvgIpc) is 3.41. The number of aryl methyl sites for hydroxylation is 1. The van der Waals surface area contributed by atoms with Crippen LogP contribution in [0.5, 0.6) is 0 Å². The molecule has 5 nitrogen and oxygen atoms in total. The minimum absolute atomic E-state index is 0.0395. The number of rotatable bonds is 6. The Hall–Kier alpha value is -2.48. The van der Waals surface area contributed by atoms with Crippen molar-refractivity contribution in [1.29, 1.82) is 0 Å². The average molecular weight is 411 g/mol. The Labute approximate surface area is 172 Å². The Morgan fingerprint density at radius 3 is 2.71 bits per heavy atom. The molecule has 1 amide bonds. The largest absolute Gasteiger partial charge is 0.349 e. The summed E-state index contributed by atoms with van der Waals surface area (Å²) in [6.45, 7) is 2.55. The minimum Gasteiger partial charge on any atom is -0.349 e. The smallest absolute Gasteiger partial charge is 0.261 e. The molecular formula is C21H22N4OS2. The van der Waals surface area contributed by atoms with Crippen LogP contribution < -0.4 is 5.32 Å². The van der Waals surface area contributed by atoms with Gasteiger partial charge in [-0.1, -0.05) is 18.2 Å². The summed E-state index contributed by atoms with van der Waals surface area (Å²) in [4.78, 5) is 16.7. The molecule has 0 bridgehead atoms. The monoisotopic (exact) mass is 410 g/mol. The quantitative estimate of drug-likeness (QED) is 0.510. The van der Waals surface area contributed by atoms with E-state index < -0.39 is 0 Å². The molecule has 7 heteroatoms. The van der Waals surface area contributed by atoms with Gasteiger partial charge in [-0.25, -0.2) is 4.68 Å². The van der Waals surface area contributed by atoms with Crippen LogP contribution in [0.3, 0.4) is 0 Å². The number of thiophene rings is 2. The fourth-order valence-electron chi connectivity index (χ4n) is 3.24. The molecular weight excluding hydrogens is 388 g/mol. The Bertz CT molecular complexity index is 1080. The first-order valence-electron chi connectivity index (χ1n) is 9.06. The van der Waals surface area contributed by atoms with Gasteiger partial charge in [-0.05, 0) is 61.6 Å². The van der Waals surface area contributed by atoms with E-state index in [-0.39, 0.29) is 11.9 Å². The fourth-order valence-corrected chi connectivity index (χ4v) is 5.05. The van der Waals surface area contributed by atoms with Crippen LogP contribution in [0.1, 0.15) is 27.0 Å². The van der Waals surface area contributed by atoms with E-state index in [0.29, 0.717) is 11.4 Å². The Morgan fingerprint density at radius 1 is 1.25 bits per heavy atom. The van der Waals surface area contributed by atoms with Crippen molar-refractivity contribution >= 4 is 38.8 Å². The lowest BCUT2D eigenvalue weighted by atomic mass is 10.1. The van der Waals surface area contributed by atoms with Gasteiger partial charge in [0.05, 0.1) is 22.3 Å². The van der Waals surface area contributed by atoms with E-state index in [2.05, 4.69) is 32.1 Å². The van der Waals surface area contributed by atoms with Gasteiger partial charge in [0.2, 0.25) is 0 Å². The van der Waals surface area contributed by atoms with Crippen LogP contribution in [-0.2, 0) is 0 Å². The number of para-hydroxylation sites is 1. The normalized spacial score (nSPS) is 12.6. The van der Waals surface area contributed by atoms with E-state index in [0.717, 1.165) is 21.6 Å². The summed E-state index contributed by atoms with van der Waals surface area (Å²) < 4.78 is 1.92. The van der Waals surface area contributed by atoms with Gasteiger partial charge < -0.3 is 10.2 Å². The molecule has 0 aliphatic rings. The van der Waals surface area contributed by atoms with Crippen LogP contribution in [0.25, 0.3) is 15.9 Å². The number of hydrogen-bond acceptors (Lipinski definition) is 5. The third-order valence-electron chi connectivity index (χ3n) is 4.78. The maximum atomic E-state index is 12.8. The zero-order valence-electron chi connectivity index (χ0n) is 16.0. The van der Waals surface area contributed by atoms with Crippen LogP contribution >= 0.6 is 22.7 Å². The third kappa shape index (κ3) is 3.61. The number of fused-ring (bicyclic) bond motifs is 1. The fraction of sp³-hybridized carbons (Fsp3) is 0.238. The number of aromatic nitrogens is 2. The van der Waals surface area contributed by atoms with E-state index in [4.69, 9.17) is 0 Å². The molecule has 0 fully saturated rings. The molecule has 144 valence electrons. The van der Waals surface area contributed by atoms with Crippen molar-refractivity contribution in [3.63, 3.8) is 0 Å². The molecule has 3 heterocycles. The minimum atomic E-state index is -0.0395. The lowest BCUT2D eigenvalue weighted by Crippen LogP contribution is -2.34. The van der Waals surface area contributed by atoms with Crippen molar-refractivity contribution in [1.82, 2.24) is 20.0 Å². The van der Waals surface area contributed by atoms with Crippen LogP contribution in [0, 0.1) is 6.92 Å². The van der Waals surface area contributed by atoms with E-state index in [1.807, 2.05) is 62.1 Å². The van der Waals surface area contributed by atoms with E-state index in [9.17, 15) is 4.79 Å². The molecule has 4 rings (SSSR count). The van der Waals surface area contributed by atoms with Crippen LogP contribution in [0.2, 0.25) is 0 Å². The molecule has 0 aliphatic carbocycles. The highest BCUT2D eigenvalue weighted by Gasteiger charge is 2.19. The summed E-state index contributed by atoms with van der Waals surface area (Å²) in [7, 11) is 4.07. The van der Waals surface area contributed by atoms with Gasteiger partial charge in [0.25, 0.3) is 5.91 Å². The molecule has 4 aromatic rings. The van der Waals surface area contributed by atoms with Gasteiger partial charge in [-0.15, -0.1) is 11.3 Å². The van der Waals surface area contributed by atoms with Crippen LogP contribution in [-0.4, -0.2) is 41.2 Å².